The summed E-state index contributed by atoms with van der Waals surface area (Å²) in [5.41, 5.74) is 3.16. The zero-order chi connectivity index (χ0) is 14.7. The number of carbonyl (C=O) groups excluding carboxylic acids is 1. The van der Waals surface area contributed by atoms with Crippen LogP contribution in [-0.2, 0) is 6.54 Å². The summed E-state index contributed by atoms with van der Waals surface area (Å²) in [5.74, 6) is -0.106. The Morgan fingerprint density at radius 3 is 2.81 bits per heavy atom. The van der Waals surface area contributed by atoms with Crippen LogP contribution in [-0.4, -0.2) is 38.2 Å². The van der Waals surface area contributed by atoms with Crippen LogP contribution in [0.1, 0.15) is 16.1 Å². The second-order valence-corrected chi connectivity index (χ2v) is 4.80. The van der Waals surface area contributed by atoms with E-state index >= 15 is 0 Å². The number of H-pyrrole nitrogens is 2. The molecule has 0 bridgehead atoms. The van der Waals surface area contributed by atoms with Gasteiger partial charge in [-0.25, -0.2) is 0 Å². The van der Waals surface area contributed by atoms with Gasteiger partial charge in [0, 0.05) is 30.9 Å². The molecule has 0 saturated heterocycles. The van der Waals surface area contributed by atoms with E-state index in [1.165, 1.54) is 0 Å². The molecule has 0 unspecified atom stereocenters. The van der Waals surface area contributed by atoms with Gasteiger partial charge < -0.3 is 4.90 Å². The lowest BCUT2D eigenvalue weighted by Gasteiger charge is -2.14. The summed E-state index contributed by atoms with van der Waals surface area (Å²) in [7, 11) is 1.75. The van der Waals surface area contributed by atoms with Crippen molar-refractivity contribution in [3.05, 3.63) is 60.0 Å². The van der Waals surface area contributed by atoms with Crippen LogP contribution in [0.5, 0.6) is 0 Å². The van der Waals surface area contributed by atoms with Gasteiger partial charge in [-0.15, -0.1) is 0 Å². The number of benzene rings is 1. The van der Waals surface area contributed by atoms with E-state index in [0.29, 0.717) is 12.2 Å². The molecule has 21 heavy (non-hydrogen) atoms. The van der Waals surface area contributed by atoms with Crippen molar-refractivity contribution >= 4 is 5.91 Å². The van der Waals surface area contributed by atoms with Gasteiger partial charge >= 0.3 is 0 Å². The Labute approximate surface area is 121 Å². The van der Waals surface area contributed by atoms with Gasteiger partial charge in [0.2, 0.25) is 0 Å². The average molecular weight is 281 g/mol. The number of nitrogens with one attached hydrogen (secondary N) is 2. The molecule has 2 heterocycles. The van der Waals surface area contributed by atoms with Gasteiger partial charge in [0.1, 0.15) is 5.69 Å². The summed E-state index contributed by atoms with van der Waals surface area (Å²) in [4.78, 5) is 14.0. The van der Waals surface area contributed by atoms with E-state index in [2.05, 4.69) is 20.4 Å². The Kier molecular flexibility index (Phi) is 3.51. The molecule has 0 aliphatic rings. The number of nitrogens with zero attached hydrogens (tertiary/aromatic N) is 3. The van der Waals surface area contributed by atoms with Crippen LogP contribution in [0.3, 0.4) is 0 Å². The topological polar surface area (TPSA) is 77.7 Å². The van der Waals surface area contributed by atoms with E-state index in [0.717, 1.165) is 16.8 Å². The number of amides is 1. The quantitative estimate of drug-likeness (QED) is 0.768. The SMILES string of the molecule is CN(Cc1cn[nH]c1)C(=O)c1cc(-c2ccccc2)n[nH]1. The van der Waals surface area contributed by atoms with E-state index in [-0.39, 0.29) is 5.91 Å². The monoisotopic (exact) mass is 281 g/mol. The van der Waals surface area contributed by atoms with Gasteiger partial charge in [0.25, 0.3) is 5.91 Å². The van der Waals surface area contributed by atoms with Crippen molar-refractivity contribution in [1.82, 2.24) is 25.3 Å². The molecule has 0 saturated carbocycles. The summed E-state index contributed by atoms with van der Waals surface area (Å²) < 4.78 is 0. The van der Waals surface area contributed by atoms with Gasteiger partial charge in [-0.3, -0.25) is 15.0 Å². The predicted octanol–water partition coefficient (Wildman–Crippen LogP) is 2.07. The number of rotatable bonds is 4. The molecule has 2 aromatic heterocycles. The van der Waals surface area contributed by atoms with Gasteiger partial charge in [0.15, 0.2) is 0 Å². The third-order valence-electron chi connectivity index (χ3n) is 3.20. The molecule has 0 fully saturated rings. The van der Waals surface area contributed by atoms with Crippen LogP contribution in [0.15, 0.2) is 48.8 Å². The minimum absolute atomic E-state index is 0.106. The molecule has 1 aromatic carbocycles. The second kappa shape index (κ2) is 5.62. The number of carbonyl (C=O) groups is 1. The van der Waals surface area contributed by atoms with Crippen molar-refractivity contribution in [3.8, 4) is 11.3 Å². The van der Waals surface area contributed by atoms with E-state index in [9.17, 15) is 4.79 Å². The van der Waals surface area contributed by atoms with E-state index in [1.807, 2.05) is 30.3 Å². The summed E-state index contributed by atoms with van der Waals surface area (Å²) in [5, 5.41) is 13.6. The highest BCUT2D eigenvalue weighted by Crippen LogP contribution is 2.17. The zero-order valence-electron chi connectivity index (χ0n) is 11.6. The van der Waals surface area contributed by atoms with E-state index in [4.69, 9.17) is 0 Å². The molecule has 6 heteroatoms. The first-order chi connectivity index (χ1) is 10.2. The average Bonchev–Trinajstić information content (AvgIpc) is 3.18. The normalized spacial score (nSPS) is 10.5. The van der Waals surface area contributed by atoms with Gasteiger partial charge in [-0.05, 0) is 6.07 Å². The minimum atomic E-state index is -0.106. The van der Waals surface area contributed by atoms with Crippen molar-refractivity contribution in [2.75, 3.05) is 7.05 Å². The summed E-state index contributed by atoms with van der Waals surface area (Å²) >= 11 is 0. The molecule has 3 rings (SSSR count). The van der Waals surface area contributed by atoms with Gasteiger partial charge in [0.05, 0.1) is 11.9 Å². The summed E-state index contributed by atoms with van der Waals surface area (Å²) in [6.07, 6.45) is 3.47. The molecule has 1 amide bonds. The first-order valence-electron chi connectivity index (χ1n) is 6.58. The lowest BCUT2D eigenvalue weighted by atomic mass is 10.1. The lowest BCUT2D eigenvalue weighted by molar-refractivity contribution is 0.0779. The van der Waals surface area contributed by atoms with Gasteiger partial charge in [-0.2, -0.15) is 10.2 Å². The van der Waals surface area contributed by atoms with Crippen LogP contribution < -0.4 is 0 Å². The third kappa shape index (κ3) is 2.84. The maximum atomic E-state index is 12.3. The molecule has 0 radical (unpaired) electrons. The summed E-state index contributed by atoms with van der Waals surface area (Å²) in [6.45, 7) is 0.495. The molecule has 106 valence electrons. The molecule has 0 atom stereocenters. The second-order valence-electron chi connectivity index (χ2n) is 4.80. The Hall–Kier alpha value is -2.89. The van der Waals surface area contributed by atoms with Crippen LogP contribution in [0, 0.1) is 0 Å². The minimum Gasteiger partial charge on any atom is -0.336 e. The molecule has 0 aliphatic carbocycles. The van der Waals surface area contributed by atoms with Crippen molar-refractivity contribution in [3.63, 3.8) is 0 Å². The maximum Gasteiger partial charge on any atom is 0.271 e. The summed E-state index contributed by atoms with van der Waals surface area (Å²) in [6, 6.07) is 11.5. The largest absolute Gasteiger partial charge is 0.336 e. The molecule has 2 N–H and O–H groups in total. The van der Waals surface area contributed by atoms with Crippen LogP contribution in [0.25, 0.3) is 11.3 Å². The van der Waals surface area contributed by atoms with Crippen LogP contribution in [0.4, 0.5) is 0 Å². The third-order valence-corrected chi connectivity index (χ3v) is 3.20. The first-order valence-corrected chi connectivity index (χ1v) is 6.58. The lowest BCUT2D eigenvalue weighted by Crippen LogP contribution is -2.26. The molecule has 3 aromatic rings. The number of aromatic amines is 2. The molecular weight excluding hydrogens is 266 g/mol. The van der Waals surface area contributed by atoms with Gasteiger partial charge in [-0.1, -0.05) is 30.3 Å². The van der Waals surface area contributed by atoms with Crippen LogP contribution in [0.2, 0.25) is 0 Å². The fourth-order valence-electron chi connectivity index (χ4n) is 2.10. The molecule has 0 spiro atoms. The zero-order valence-corrected chi connectivity index (χ0v) is 11.6. The van der Waals surface area contributed by atoms with Crippen molar-refractivity contribution in [2.24, 2.45) is 0 Å². The maximum absolute atomic E-state index is 12.3. The standard InChI is InChI=1S/C15H15N5O/c1-20(10-11-8-16-17-9-11)15(21)14-7-13(18-19-14)12-5-3-2-4-6-12/h2-9H,10H2,1H3,(H,16,17)(H,18,19). The fourth-order valence-corrected chi connectivity index (χ4v) is 2.10. The Morgan fingerprint density at radius 2 is 2.10 bits per heavy atom. The van der Waals surface area contributed by atoms with Crippen molar-refractivity contribution in [2.45, 2.75) is 6.54 Å². The number of hydrogen-bond donors (Lipinski definition) is 2. The Morgan fingerprint density at radius 1 is 1.29 bits per heavy atom. The fraction of sp³-hybridized carbons (Fsp3) is 0.133. The Balaban J connectivity index is 1.75. The number of hydrogen-bond acceptors (Lipinski definition) is 3. The van der Waals surface area contributed by atoms with E-state index in [1.54, 1.807) is 30.4 Å². The van der Waals surface area contributed by atoms with Crippen molar-refractivity contribution < 1.29 is 4.79 Å². The highest BCUT2D eigenvalue weighted by molar-refractivity contribution is 5.93. The number of aromatic nitrogens is 4. The van der Waals surface area contributed by atoms with Crippen molar-refractivity contribution in [1.29, 1.82) is 0 Å². The Bertz CT molecular complexity index is 718. The highest BCUT2D eigenvalue weighted by atomic mass is 16.2. The van der Waals surface area contributed by atoms with E-state index < -0.39 is 0 Å². The van der Waals surface area contributed by atoms with Crippen LogP contribution >= 0.6 is 0 Å². The predicted molar refractivity (Wildman–Crippen MR) is 78.4 cm³/mol. The first kappa shape index (κ1) is 13.1. The molecule has 6 nitrogen and oxygen atoms in total. The highest BCUT2D eigenvalue weighted by Gasteiger charge is 2.15. The molecular formula is C15H15N5O. The molecule has 0 aliphatic heterocycles. The smallest absolute Gasteiger partial charge is 0.271 e.